The van der Waals surface area contributed by atoms with Gasteiger partial charge in [-0.15, -0.1) is 24.0 Å². The zero-order valence-corrected chi connectivity index (χ0v) is 14.7. The molecule has 1 aromatic carbocycles. The van der Waals surface area contributed by atoms with Gasteiger partial charge < -0.3 is 10.6 Å². The second-order valence-electron chi connectivity index (χ2n) is 4.41. The molecule has 0 spiro atoms. The Balaban J connectivity index is 0.00000484. The highest BCUT2D eigenvalue weighted by Gasteiger charge is 2.26. The molecule has 0 saturated carbocycles. The lowest BCUT2D eigenvalue weighted by Crippen LogP contribution is -2.38. The third kappa shape index (κ3) is 8.59. The van der Waals surface area contributed by atoms with Crippen LogP contribution >= 0.6 is 24.0 Å². The maximum absolute atomic E-state index is 13.6. The standard InChI is InChI=1S/C14H16F4N4.HI/c1-2-20-13(21-6-5-14(16,17)18)22-9-11-7-10(8-19)3-4-12(11)15;/h3-4,7H,2,5-6,9H2,1H3,(H2,20,21,22);1H. The third-order valence-corrected chi connectivity index (χ3v) is 2.63. The van der Waals surface area contributed by atoms with Crippen LogP contribution in [-0.4, -0.2) is 25.2 Å². The molecule has 0 aliphatic carbocycles. The Morgan fingerprint density at radius 3 is 2.57 bits per heavy atom. The van der Waals surface area contributed by atoms with Crippen LogP contribution in [0, 0.1) is 17.1 Å². The van der Waals surface area contributed by atoms with Gasteiger partial charge in [0.15, 0.2) is 5.96 Å². The number of hydrogen-bond acceptors (Lipinski definition) is 2. The van der Waals surface area contributed by atoms with Crippen LogP contribution in [0.2, 0.25) is 0 Å². The van der Waals surface area contributed by atoms with Crippen molar-refractivity contribution in [1.82, 2.24) is 10.6 Å². The minimum Gasteiger partial charge on any atom is -0.357 e. The minimum absolute atomic E-state index is 0. The molecular weight excluding hydrogens is 427 g/mol. The van der Waals surface area contributed by atoms with Gasteiger partial charge in [-0.25, -0.2) is 9.38 Å². The molecule has 0 amide bonds. The van der Waals surface area contributed by atoms with E-state index in [1.54, 1.807) is 6.92 Å². The molecule has 0 heterocycles. The highest BCUT2D eigenvalue weighted by molar-refractivity contribution is 14.0. The summed E-state index contributed by atoms with van der Waals surface area (Å²) in [6.45, 7) is 1.81. The number of rotatable bonds is 5. The van der Waals surface area contributed by atoms with Gasteiger partial charge in [0, 0.05) is 18.7 Å². The van der Waals surface area contributed by atoms with Gasteiger partial charge in [-0.05, 0) is 25.1 Å². The molecule has 1 aromatic rings. The van der Waals surface area contributed by atoms with Crippen molar-refractivity contribution in [2.24, 2.45) is 4.99 Å². The molecule has 4 nitrogen and oxygen atoms in total. The first-order valence-electron chi connectivity index (χ1n) is 6.63. The van der Waals surface area contributed by atoms with E-state index in [-0.39, 0.29) is 48.6 Å². The number of nitrogens with one attached hydrogen (secondary N) is 2. The monoisotopic (exact) mass is 444 g/mol. The van der Waals surface area contributed by atoms with Crippen LogP contribution in [0.3, 0.4) is 0 Å². The molecule has 0 fully saturated rings. The van der Waals surface area contributed by atoms with Crippen molar-refractivity contribution < 1.29 is 17.6 Å². The SMILES string of the molecule is CCNC(=NCc1cc(C#N)ccc1F)NCCC(F)(F)F.I. The highest BCUT2D eigenvalue weighted by Crippen LogP contribution is 2.18. The number of aliphatic imine (C=N–C) groups is 1. The molecule has 9 heteroatoms. The predicted molar refractivity (Wildman–Crippen MR) is 90.0 cm³/mol. The van der Waals surface area contributed by atoms with E-state index in [0.29, 0.717) is 12.1 Å². The fraction of sp³-hybridized carbons (Fsp3) is 0.429. The number of alkyl halides is 3. The first-order valence-corrected chi connectivity index (χ1v) is 6.63. The third-order valence-electron chi connectivity index (χ3n) is 2.63. The number of guanidine groups is 1. The van der Waals surface area contributed by atoms with Crippen molar-refractivity contribution in [2.45, 2.75) is 26.1 Å². The molecule has 23 heavy (non-hydrogen) atoms. The smallest absolute Gasteiger partial charge is 0.357 e. The summed E-state index contributed by atoms with van der Waals surface area (Å²) in [6, 6.07) is 5.75. The van der Waals surface area contributed by atoms with Gasteiger partial charge >= 0.3 is 6.18 Å². The maximum Gasteiger partial charge on any atom is 0.390 e. The molecule has 0 aliphatic heterocycles. The highest BCUT2D eigenvalue weighted by atomic mass is 127. The maximum atomic E-state index is 13.6. The average Bonchev–Trinajstić information content (AvgIpc) is 2.45. The molecule has 0 radical (unpaired) electrons. The van der Waals surface area contributed by atoms with E-state index in [9.17, 15) is 17.6 Å². The molecule has 0 aliphatic rings. The van der Waals surface area contributed by atoms with Crippen LogP contribution in [-0.2, 0) is 6.54 Å². The van der Waals surface area contributed by atoms with Crippen LogP contribution in [0.5, 0.6) is 0 Å². The van der Waals surface area contributed by atoms with Crippen molar-refractivity contribution >= 4 is 29.9 Å². The summed E-state index contributed by atoms with van der Waals surface area (Å²) >= 11 is 0. The first kappa shape index (κ1) is 21.4. The summed E-state index contributed by atoms with van der Waals surface area (Å²) in [5, 5.41) is 14.1. The molecule has 0 saturated heterocycles. The van der Waals surface area contributed by atoms with Crippen LogP contribution in [0.25, 0.3) is 0 Å². The van der Waals surface area contributed by atoms with E-state index in [0.717, 1.165) is 6.07 Å². The second kappa shape index (κ2) is 10.3. The lowest BCUT2D eigenvalue weighted by Gasteiger charge is -2.12. The Bertz CT molecular complexity index is 567. The molecule has 0 aromatic heterocycles. The van der Waals surface area contributed by atoms with E-state index < -0.39 is 18.4 Å². The van der Waals surface area contributed by atoms with Gasteiger partial charge in [-0.1, -0.05) is 0 Å². The second-order valence-corrected chi connectivity index (χ2v) is 4.41. The molecule has 2 N–H and O–H groups in total. The lowest BCUT2D eigenvalue weighted by molar-refractivity contribution is -0.132. The first-order chi connectivity index (χ1) is 10.4. The Kier molecular flexibility index (Phi) is 9.55. The van der Waals surface area contributed by atoms with Gasteiger partial charge in [0.05, 0.1) is 24.6 Å². The van der Waals surface area contributed by atoms with Crippen LogP contribution < -0.4 is 10.6 Å². The molecule has 0 bridgehead atoms. The summed E-state index contributed by atoms with van der Waals surface area (Å²) in [6.07, 6.45) is -5.24. The lowest BCUT2D eigenvalue weighted by atomic mass is 10.1. The minimum atomic E-state index is -4.25. The van der Waals surface area contributed by atoms with Gasteiger partial charge in [0.2, 0.25) is 0 Å². The molecular formula is C14H17F4IN4. The topological polar surface area (TPSA) is 60.2 Å². The Labute approximate surface area is 149 Å². The zero-order chi connectivity index (χ0) is 16.6. The van der Waals surface area contributed by atoms with Crippen molar-refractivity contribution in [1.29, 1.82) is 5.26 Å². The number of nitriles is 1. The average molecular weight is 444 g/mol. The fourth-order valence-corrected chi connectivity index (χ4v) is 1.59. The number of nitrogens with zero attached hydrogens (tertiary/aromatic N) is 2. The summed E-state index contributed by atoms with van der Waals surface area (Å²) in [5.41, 5.74) is 0.494. The van der Waals surface area contributed by atoms with Crippen molar-refractivity contribution in [3.05, 3.63) is 35.1 Å². The van der Waals surface area contributed by atoms with E-state index in [2.05, 4.69) is 15.6 Å². The Hall–Kier alpha value is -1.57. The van der Waals surface area contributed by atoms with E-state index in [4.69, 9.17) is 5.26 Å². The van der Waals surface area contributed by atoms with E-state index in [1.807, 2.05) is 6.07 Å². The molecule has 0 atom stereocenters. The Morgan fingerprint density at radius 1 is 1.30 bits per heavy atom. The summed E-state index contributed by atoms with van der Waals surface area (Å²) in [7, 11) is 0. The number of benzene rings is 1. The Morgan fingerprint density at radius 2 is 2.00 bits per heavy atom. The van der Waals surface area contributed by atoms with Crippen LogP contribution in [0.4, 0.5) is 17.6 Å². The summed E-state index contributed by atoms with van der Waals surface area (Å²) < 4.78 is 49.9. The summed E-state index contributed by atoms with van der Waals surface area (Å²) in [5.74, 6) is -0.359. The quantitative estimate of drug-likeness (QED) is 0.317. The van der Waals surface area contributed by atoms with E-state index in [1.165, 1.54) is 12.1 Å². The molecule has 0 unspecified atom stereocenters. The van der Waals surface area contributed by atoms with Crippen LogP contribution in [0.15, 0.2) is 23.2 Å². The van der Waals surface area contributed by atoms with E-state index >= 15 is 0 Å². The van der Waals surface area contributed by atoms with Crippen molar-refractivity contribution in [2.75, 3.05) is 13.1 Å². The van der Waals surface area contributed by atoms with Crippen molar-refractivity contribution in [3.63, 3.8) is 0 Å². The normalized spacial score (nSPS) is 11.4. The largest absolute Gasteiger partial charge is 0.390 e. The predicted octanol–water partition coefficient (Wildman–Crippen LogP) is 3.32. The number of halogens is 5. The van der Waals surface area contributed by atoms with Crippen molar-refractivity contribution in [3.8, 4) is 6.07 Å². The molecule has 128 valence electrons. The van der Waals surface area contributed by atoms with Crippen LogP contribution in [0.1, 0.15) is 24.5 Å². The number of hydrogen-bond donors (Lipinski definition) is 2. The zero-order valence-electron chi connectivity index (χ0n) is 12.4. The van der Waals surface area contributed by atoms with Gasteiger partial charge in [0.25, 0.3) is 0 Å². The van der Waals surface area contributed by atoms with Gasteiger partial charge in [0.1, 0.15) is 5.82 Å². The molecule has 1 rings (SSSR count). The van der Waals surface area contributed by atoms with Gasteiger partial charge in [-0.3, -0.25) is 0 Å². The van der Waals surface area contributed by atoms with Gasteiger partial charge in [-0.2, -0.15) is 18.4 Å². The summed E-state index contributed by atoms with van der Waals surface area (Å²) in [4.78, 5) is 4.02. The fourth-order valence-electron chi connectivity index (χ4n) is 1.59.